The summed E-state index contributed by atoms with van der Waals surface area (Å²) in [5.41, 5.74) is 4.19. The summed E-state index contributed by atoms with van der Waals surface area (Å²) in [5.74, 6) is 2.10. The topological polar surface area (TPSA) is 40.5 Å². The summed E-state index contributed by atoms with van der Waals surface area (Å²) in [6, 6.07) is 0. The molecule has 0 aromatic heterocycles. The van der Waals surface area contributed by atoms with E-state index in [4.69, 9.17) is 0 Å². The summed E-state index contributed by atoms with van der Waals surface area (Å²) in [6.07, 6.45) is 11.7. The fraction of sp³-hybridized carbons (Fsp3) is 0.806. The van der Waals surface area contributed by atoms with Crippen LogP contribution in [0.5, 0.6) is 0 Å². The molecule has 0 bridgehead atoms. The van der Waals surface area contributed by atoms with Gasteiger partial charge in [0.1, 0.15) is 0 Å². The van der Waals surface area contributed by atoms with Gasteiger partial charge < -0.3 is 10.2 Å². The Morgan fingerprint density at radius 3 is 2.33 bits per heavy atom. The molecule has 0 aliphatic heterocycles. The second-order valence-electron chi connectivity index (χ2n) is 13.8. The van der Waals surface area contributed by atoms with Gasteiger partial charge in [0, 0.05) is 5.41 Å². The second kappa shape index (κ2) is 8.09. The van der Waals surface area contributed by atoms with Crippen LogP contribution in [0.15, 0.2) is 35.5 Å². The molecule has 8 atom stereocenters. The largest absolute Gasteiger partial charge is 0.393 e. The molecule has 0 radical (unpaired) electrons. The van der Waals surface area contributed by atoms with E-state index >= 15 is 0 Å². The highest BCUT2D eigenvalue weighted by Crippen LogP contribution is 2.71. The SMILES string of the molecule is C=C(CC[C@@H](C)[C@H]1C[C@H](O)[C@@]2(C)C3=CC[C@H]4C(C)(C)[C@@H](O)CC[C@]4(C)C3=CC[C@]12C)C(C)C. The van der Waals surface area contributed by atoms with Gasteiger partial charge in [0.15, 0.2) is 0 Å². The van der Waals surface area contributed by atoms with Gasteiger partial charge in [-0.2, -0.15) is 0 Å². The summed E-state index contributed by atoms with van der Waals surface area (Å²) < 4.78 is 0. The second-order valence-corrected chi connectivity index (χ2v) is 13.8. The highest BCUT2D eigenvalue weighted by atomic mass is 16.3. The average Bonchev–Trinajstić information content (AvgIpc) is 2.96. The summed E-state index contributed by atoms with van der Waals surface area (Å²) >= 11 is 0. The van der Waals surface area contributed by atoms with E-state index in [2.05, 4.69) is 74.1 Å². The highest BCUT2D eigenvalue weighted by Gasteiger charge is 2.66. The molecule has 186 valence electrons. The van der Waals surface area contributed by atoms with Crippen molar-refractivity contribution in [3.63, 3.8) is 0 Å². The highest BCUT2D eigenvalue weighted by molar-refractivity contribution is 5.50. The molecular formula is C31H50O2. The molecule has 2 fully saturated rings. The summed E-state index contributed by atoms with van der Waals surface area (Å²) in [7, 11) is 0. The van der Waals surface area contributed by atoms with E-state index in [1.54, 1.807) is 0 Å². The quantitative estimate of drug-likeness (QED) is 0.423. The number of hydrogen-bond acceptors (Lipinski definition) is 2. The number of fused-ring (bicyclic) bond motifs is 5. The van der Waals surface area contributed by atoms with Gasteiger partial charge >= 0.3 is 0 Å². The summed E-state index contributed by atoms with van der Waals surface area (Å²) in [4.78, 5) is 0. The fourth-order valence-electron chi connectivity index (χ4n) is 8.84. The molecule has 0 aromatic carbocycles. The molecule has 4 aliphatic rings. The molecule has 2 saturated carbocycles. The number of hydrogen-bond donors (Lipinski definition) is 2. The lowest BCUT2D eigenvalue weighted by molar-refractivity contribution is -0.0872. The molecule has 0 amide bonds. The third kappa shape index (κ3) is 3.40. The molecular weight excluding hydrogens is 404 g/mol. The van der Waals surface area contributed by atoms with Crippen molar-refractivity contribution in [3.8, 4) is 0 Å². The van der Waals surface area contributed by atoms with Crippen molar-refractivity contribution < 1.29 is 10.2 Å². The molecule has 0 heterocycles. The van der Waals surface area contributed by atoms with Crippen molar-refractivity contribution in [2.45, 2.75) is 113 Å². The predicted octanol–water partition coefficient (Wildman–Crippen LogP) is 7.47. The first-order valence-corrected chi connectivity index (χ1v) is 13.7. The maximum absolute atomic E-state index is 11.7. The molecule has 4 rings (SSSR count). The Labute approximate surface area is 203 Å². The van der Waals surface area contributed by atoms with E-state index in [0.29, 0.717) is 23.7 Å². The van der Waals surface area contributed by atoms with Crippen LogP contribution in [0.1, 0.15) is 100 Å². The number of allylic oxidation sites excluding steroid dienone is 4. The lowest BCUT2D eigenvalue weighted by Gasteiger charge is -2.61. The average molecular weight is 455 g/mol. The van der Waals surface area contributed by atoms with Gasteiger partial charge in [-0.15, -0.1) is 0 Å². The van der Waals surface area contributed by atoms with Crippen molar-refractivity contribution in [1.82, 2.24) is 0 Å². The Morgan fingerprint density at radius 2 is 1.70 bits per heavy atom. The fourth-order valence-corrected chi connectivity index (χ4v) is 8.84. The molecule has 0 unspecified atom stereocenters. The first kappa shape index (κ1) is 25.2. The van der Waals surface area contributed by atoms with E-state index in [1.165, 1.54) is 23.1 Å². The van der Waals surface area contributed by atoms with Gasteiger partial charge in [-0.3, -0.25) is 0 Å². The van der Waals surface area contributed by atoms with Crippen molar-refractivity contribution in [2.24, 2.45) is 45.3 Å². The summed E-state index contributed by atoms with van der Waals surface area (Å²) in [5, 5.41) is 22.5. The Balaban J connectivity index is 1.68. The van der Waals surface area contributed by atoms with Crippen molar-refractivity contribution in [2.75, 3.05) is 0 Å². The van der Waals surface area contributed by atoms with Crippen molar-refractivity contribution in [1.29, 1.82) is 0 Å². The lowest BCUT2D eigenvalue weighted by atomic mass is 9.44. The molecule has 0 spiro atoms. The predicted molar refractivity (Wildman–Crippen MR) is 139 cm³/mol. The van der Waals surface area contributed by atoms with Crippen molar-refractivity contribution >= 4 is 0 Å². The zero-order chi connectivity index (χ0) is 24.6. The van der Waals surface area contributed by atoms with Crippen LogP contribution in [0.4, 0.5) is 0 Å². The molecule has 33 heavy (non-hydrogen) atoms. The van der Waals surface area contributed by atoms with E-state index in [0.717, 1.165) is 38.5 Å². The molecule has 4 aliphatic carbocycles. The van der Waals surface area contributed by atoms with E-state index in [1.807, 2.05) is 0 Å². The maximum atomic E-state index is 11.7. The Morgan fingerprint density at radius 1 is 1.03 bits per heavy atom. The standard InChI is InChI=1S/C31H50O2/c1-19(2)20(3)10-11-21(4)24-18-27(33)31(9)23-12-13-25-28(5,6)26(32)15-16-29(25,7)22(23)14-17-30(24,31)8/h12,14,19,21,24-27,32-33H,3,10-11,13,15-18H2,1-2,4-9H3/t21-,24-,25+,26+,27+,29-,30-,31-/m1/s1. The van der Waals surface area contributed by atoms with E-state index in [-0.39, 0.29) is 33.9 Å². The smallest absolute Gasteiger partial charge is 0.0642 e. The van der Waals surface area contributed by atoms with E-state index < -0.39 is 0 Å². The molecule has 2 nitrogen and oxygen atoms in total. The van der Waals surface area contributed by atoms with E-state index in [9.17, 15) is 10.2 Å². The van der Waals surface area contributed by atoms with Gasteiger partial charge in [-0.25, -0.2) is 0 Å². The normalized spacial score (nSPS) is 44.9. The lowest BCUT2D eigenvalue weighted by Crippen LogP contribution is -2.55. The van der Waals surface area contributed by atoms with Gasteiger partial charge in [0.2, 0.25) is 0 Å². The minimum absolute atomic E-state index is 0.0766. The number of rotatable bonds is 5. The van der Waals surface area contributed by atoms with Crippen LogP contribution in [0.25, 0.3) is 0 Å². The van der Waals surface area contributed by atoms with Crippen LogP contribution in [0, 0.1) is 45.3 Å². The Hall–Kier alpha value is -0.860. The van der Waals surface area contributed by atoms with Gasteiger partial charge in [-0.1, -0.05) is 79.7 Å². The Kier molecular flexibility index (Phi) is 6.19. The number of aliphatic hydroxyl groups excluding tert-OH is 2. The molecule has 2 heteroatoms. The molecule has 0 aromatic rings. The first-order chi connectivity index (χ1) is 15.2. The zero-order valence-electron chi connectivity index (χ0n) is 22.7. The first-order valence-electron chi connectivity index (χ1n) is 13.7. The third-order valence-electron chi connectivity index (χ3n) is 11.8. The Bertz CT molecular complexity index is 862. The van der Waals surface area contributed by atoms with Crippen LogP contribution < -0.4 is 0 Å². The molecule has 0 saturated heterocycles. The van der Waals surface area contributed by atoms with Crippen LogP contribution in [-0.4, -0.2) is 22.4 Å². The van der Waals surface area contributed by atoms with Gasteiger partial charge in [0.05, 0.1) is 12.2 Å². The number of aliphatic hydroxyl groups is 2. The van der Waals surface area contributed by atoms with Crippen LogP contribution in [0.2, 0.25) is 0 Å². The van der Waals surface area contributed by atoms with Crippen LogP contribution in [-0.2, 0) is 0 Å². The van der Waals surface area contributed by atoms with Crippen LogP contribution >= 0.6 is 0 Å². The maximum Gasteiger partial charge on any atom is 0.0642 e. The van der Waals surface area contributed by atoms with Gasteiger partial charge in [0.25, 0.3) is 0 Å². The zero-order valence-corrected chi connectivity index (χ0v) is 22.7. The minimum Gasteiger partial charge on any atom is -0.393 e. The van der Waals surface area contributed by atoms with Crippen molar-refractivity contribution in [3.05, 3.63) is 35.5 Å². The summed E-state index contributed by atoms with van der Waals surface area (Å²) in [6.45, 7) is 23.0. The minimum atomic E-state index is -0.291. The third-order valence-corrected chi connectivity index (χ3v) is 11.8. The van der Waals surface area contributed by atoms with Crippen LogP contribution in [0.3, 0.4) is 0 Å². The monoisotopic (exact) mass is 454 g/mol. The van der Waals surface area contributed by atoms with Gasteiger partial charge in [-0.05, 0) is 96.0 Å². The molecule has 2 N–H and O–H groups in total.